The summed E-state index contributed by atoms with van der Waals surface area (Å²) in [5.41, 5.74) is 7.72. The van der Waals surface area contributed by atoms with E-state index in [2.05, 4.69) is 15.0 Å². The van der Waals surface area contributed by atoms with Gasteiger partial charge < -0.3 is 5.73 Å². The Morgan fingerprint density at radius 1 is 1.32 bits per heavy atom. The highest BCUT2D eigenvalue weighted by Crippen LogP contribution is 2.17. The summed E-state index contributed by atoms with van der Waals surface area (Å²) < 4.78 is 1.94. The van der Waals surface area contributed by atoms with Crippen LogP contribution in [-0.4, -0.2) is 15.0 Å². The zero-order chi connectivity index (χ0) is 13.6. The van der Waals surface area contributed by atoms with Gasteiger partial charge in [0, 0.05) is 6.92 Å². The van der Waals surface area contributed by atoms with E-state index in [-0.39, 0.29) is 11.5 Å². The molecule has 3 heterocycles. The lowest BCUT2D eigenvalue weighted by Crippen LogP contribution is -2.35. The monoisotopic (exact) mass is 256 g/mol. The van der Waals surface area contributed by atoms with Gasteiger partial charge in [-0.2, -0.15) is 0 Å². The number of aromatic amines is 1. The van der Waals surface area contributed by atoms with E-state index in [0.29, 0.717) is 10.9 Å². The molecule has 6 nitrogen and oxygen atoms in total. The van der Waals surface area contributed by atoms with Gasteiger partial charge in [0.2, 0.25) is 5.95 Å². The number of anilines is 1. The predicted octanol–water partition coefficient (Wildman–Crippen LogP) is 0.669. The summed E-state index contributed by atoms with van der Waals surface area (Å²) >= 11 is 0. The minimum Gasteiger partial charge on any atom is -0.369 e. The largest absolute Gasteiger partial charge is 0.369 e. The molecule has 0 radical (unpaired) electrons. The number of H-pyrrole nitrogens is 1. The summed E-state index contributed by atoms with van der Waals surface area (Å²) in [5.74, 6) is 0.119. The van der Waals surface area contributed by atoms with Crippen molar-refractivity contribution in [2.24, 2.45) is 0 Å². The molecule has 0 aromatic carbocycles. The number of nitrogens with two attached hydrogens (primary N) is 1. The van der Waals surface area contributed by atoms with Crippen molar-refractivity contribution in [2.45, 2.75) is 20.4 Å². The van der Waals surface area contributed by atoms with Gasteiger partial charge in [-0.25, -0.2) is 9.55 Å². The maximum atomic E-state index is 12.0. The molecule has 3 rings (SSSR count). The second-order valence-electron chi connectivity index (χ2n) is 4.45. The van der Waals surface area contributed by atoms with Crippen molar-refractivity contribution in [2.75, 3.05) is 5.73 Å². The van der Waals surface area contributed by atoms with Crippen LogP contribution in [0, 0.1) is 6.92 Å². The van der Waals surface area contributed by atoms with Crippen molar-refractivity contribution < 1.29 is 4.57 Å². The molecule has 0 saturated heterocycles. The molecule has 0 fully saturated rings. The number of nitrogens with zero attached hydrogens (tertiary/aromatic N) is 3. The Hall–Kier alpha value is -2.50. The molecule has 3 aromatic rings. The second kappa shape index (κ2) is 4.01. The number of hydrogen-bond donors (Lipinski definition) is 2. The summed E-state index contributed by atoms with van der Waals surface area (Å²) in [6.45, 7) is 4.67. The summed E-state index contributed by atoms with van der Waals surface area (Å²) in [6.07, 6.45) is 1.77. The van der Waals surface area contributed by atoms with Crippen LogP contribution in [0.5, 0.6) is 0 Å². The highest BCUT2D eigenvalue weighted by molar-refractivity contribution is 5.99. The Labute approximate surface area is 108 Å². The minimum atomic E-state index is -0.229. The average Bonchev–Trinajstić information content (AvgIpc) is 2.37. The summed E-state index contributed by atoms with van der Waals surface area (Å²) in [5, 5.41) is 1.36. The Bertz CT molecular complexity index is 853. The summed E-state index contributed by atoms with van der Waals surface area (Å²) in [6, 6.07) is 3.83. The minimum absolute atomic E-state index is 0.119. The van der Waals surface area contributed by atoms with E-state index < -0.39 is 0 Å². The normalized spacial score (nSPS) is 11.3. The molecule has 0 spiro atoms. The number of pyridine rings is 2. The third-order valence-electron chi connectivity index (χ3n) is 3.14. The van der Waals surface area contributed by atoms with Crippen molar-refractivity contribution in [1.29, 1.82) is 0 Å². The smallest absolute Gasteiger partial charge is 0.332 e. The maximum absolute atomic E-state index is 12.0. The molecule has 0 atom stereocenters. The van der Waals surface area contributed by atoms with Crippen LogP contribution in [0.1, 0.15) is 12.6 Å². The van der Waals surface area contributed by atoms with Crippen LogP contribution in [0.4, 0.5) is 5.95 Å². The average molecular weight is 256 g/mol. The molecule has 0 aliphatic carbocycles. The van der Waals surface area contributed by atoms with Crippen LogP contribution in [0.3, 0.4) is 0 Å². The van der Waals surface area contributed by atoms with Crippen LogP contribution < -0.4 is 15.9 Å². The number of aryl methyl sites for hydroxylation is 2. The number of aromatic nitrogens is 4. The maximum Gasteiger partial charge on any atom is 0.332 e. The van der Waals surface area contributed by atoms with E-state index in [1.165, 1.54) is 0 Å². The lowest BCUT2D eigenvalue weighted by molar-refractivity contribution is -0.668. The standard InChI is InChI=1S/C13H13N5O/c1-3-18-6-9-10(16-13(14)17-12(9)19)8-5-4-7(2)15-11(8)18/h4-6H,3H2,1-2H3,(H2,14,17,19)/p+1. The molecule has 3 aromatic heterocycles. The first-order valence-electron chi connectivity index (χ1n) is 6.09. The van der Waals surface area contributed by atoms with Gasteiger partial charge in [0.05, 0.1) is 17.4 Å². The fourth-order valence-corrected chi connectivity index (χ4v) is 2.23. The van der Waals surface area contributed by atoms with E-state index in [1.807, 2.05) is 30.5 Å². The summed E-state index contributed by atoms with van der Waals surface area (Å²) in [7, 11) is 0. The molecule has 0 aliphatic rings. The van der Waals surface area contributed by atoms with Gasteiger partial charge in [-0.05, 0) is 24.0 Å². The van der Waals surface area contributed by atoms with Crippen molar-refractivity contribution in [3.63, 3.8) is 0 Å². The van der Waals surface area contributed by atoms with E-state index in [0.717, 1.165) is 23.3 Å². The number of nitrogen functional groups attached to an aromatic ring is 1. The molecule has 19 heavy (non-hydrogen) atoms. The molecule has 96 valence electrons. The first-order chi connectivity index (χ1) is 9.10. The van der Waals surface area contributed by atoms with Crippen molar-refractivity contribution in [3.05, 3.63) is 34.4 Å². The molecular weight excluding hydrogens is 242 g/mol. The lowest BCUT2D eigenvalue weighted by Gasteiger charge is -2.04. The zero-order valence-electron chi connectivity index (χ0n) is 10.8. The molecule has 0 unspecified atom stereocenters. The Morgan fingerprint density at radius 2 is 2.11 bits per heavy atom. The third kappa shape index (κ3) is 1.72. The number of nitrogens with one attached hydrogen (secondary N) is 1. The van der Waals surface area contributed by atoms with E-state index in [1.54, 1.807) is 6.20 Å². The Kier molecular flexibility index (Phi) is 2.45. The molecule has 6 heteroatoms. The molecule has 0 aliphatic heterocycles. The second-order valence-corrected chi connectivity index (χ2v) is 4.45. The van der Waals surface area contributed by atoms with Crippen LogP contribution in [0.25, 0.3) is 21.9 Å². The number of hydrogen-bond acceptors (Lipinski definition) is 4. The molecule has 0 amide bonds. The number of rotatable bonds is 1. The third-order valence-corrected chi connectivity index (χ3v) is 3.14. The fraction of sp³-hybridized carbons (Fsp3) is 0.231. The van der Waals surface area contributed by atoms with Crippen LogP contribution >= 0.6 is 0 Å². The van der Waals surface area contributed by atoms with E-state index in [4.69, 9.17) is 5.73 Å². The van der Waals surface area contributed by atoms with Crippen LogP contribution in [0.15, 0.2) is 23.1 Å². The van der Waals surface area contributed by atoms with Gasteiger partial charge >= 0.3 is 5.65 Å². The molecule has 3 N–H and O–H groups in total. The summed E-state index contributed by atoms with van der Waals surface area (Å²) in [4.78, 5) is 23.3. The van der Waals surface area contributed by atoms with Gasteiger partial charge in [-0.15, -0.1) is 0 Å². The van der Waals surface area contributed by atoms with E-state index >= 15 is 0 Å². The molecular formula is C13H14N5O+. The van der Waals surface area contributed by atoms with Crippen molar-refractivity contribution in [3.8, 4) is 0 Å². The number of fused-ring (bicyclic) bond motifs is 3. The van der Waals surface area contributed by atoms with Crippen LogP contribution in [-0.2, 0) is 6.54 Å². The topological polar surface area (TPSA) is 88.5 Å². The lowest BCUT2D eigenvalue weighted by atomic mass is 10.2. The highest BCUT2D eigenvalue weighted by Gasteiger charge is 2.17. The van der Waals surface area contributed by atoms with Gasteiger partial charge in [0.1, 0.15) is 17.3 Å². The van der Waals surface area contributed by atoms with Crippen molar-refractivity contribution in [1.82, 2.24) is 15.0 Å². The first-order valence-corrected chi connectivity index (χ1v) is 6.09. The van der Waals surface area contributed by atoms with Gasteiger partial charge in [0.15, 0.2) is 0 Å². The zero-order valence-corrected chi connectivity index (χ0v) is 10.8. The predicted molar refractivity (Wildman–Crippen MR) is 72.7 cm³/mol. The quantitative estimate of drug-likeness (QED) is 0.494. The Morgan fingerprint density at radius 3 is 2.84 bits per heavy atom. The SMILES string of the molecule is CC[n+]1cc2c(=O)[nH]c(N)nc2c2ccc(C)nc21. The fourth-order valence-electron chi connectivity index (χ4n) is 2.23. The molecule has 0 bridgehead atoms. The highest BCUT2D eigenvalue weighted by atomic mass is 16.1. The first kappa shape index (κ1) is 11.6. The van der Waals surface area contributed by atoms with Crippen molar-refractivity contribution >= 4 is 27.9 Å². The van der Waals surface area contributed by atoms with E-state index in [9.17, 15) is 4.79 Å². The molecule has 0 saturated carbocycles. The van der Waals surface area contributed by atoms with Gasteiger partial charge in [-0.1, -0.05) is 0 Å². The van der Waals surface area contributed by atoms with Gasteiger partial charge in [0.25, 0.3) is 5.56 Å². The van der Waals surface area contributed by atoms with Crippen LogP contribution in [0.2, 0.25) is 0 Å². The Balaban J connectivity index is 2.62. The van der Waals surface area contributed by atoms with Gasteiger partial charge in [-0.3, -0.25) is 9.78 Å².